The van der Waals surface area contributed by atoms with Crippen LogP contribution in [0.1, 0.15) is 13.8 Å². The number of nitrogens with two attached hydrogens (primary N) is 1. The summed E-state index contributed by atoms with van der Waals surface area (Å²) in [5.41, 5.74) is 6.01. The van der Waals surface area contributed by atoms with Gasteiger partial charge in [0.2, 0.25) is 0 Å². The molecule has 0 fully saturated rings. The summed E-state index contributed by atoms with van der Waals surface area (Å²) in [6.45, 7) is 8.34. The maximum Gasteiger partial charge on any atom is 0.176 e. The van der Waals surface area contributed by atoms with Crippen molar-refractivity contribution in [1.82, 2.24) is 5.32 Å². The molecule has 3 nitrogen and oxygen atoms in total. The monoisotopic (exact) mass is 206 g/mol. The summed E-state index contributed by atoms with van der Waals surface area (Å²) in [7, 11) is -0.125. The van der Waals surface area contributed by atoms with E-state index >= 15 is 0 Å². The van der Waals surface area contributed by atoms with Crippen molar-refractivity contribution >= 4 is 19.5 Å². The zero-order chi connectivity index (χ0) is 9.56. The van der Waals surface area contributed by atoms with Crippen molar-refractivity contribution in [2.24, 2.45) is 11.7 Å². The Balaban J connectivity index is 3.85. The average molecular weight is 206 g/mol. The average Bonchev–Trinajstić information content (AvgIpc) is 2.04. The third-order valence-electron chi connectivity index (χ3n) is 2.12. The second-order valence-corrected chi connectivity index (χ2v) is 7.47. The van der Waals surface area contributed by atoms with Crippen molar-refractivity contribution in [3.8, 4) is 0 Å². The van der Waals surface area contributed by atoms with Gasteiger partial charge in [0, 0.05) is 18.8 Å². The highest BCUT2D eigenvalue weighted by molar-refractivity contribution is 6.55. The second kappa shape index (κ2) is 6.79. The van der Waals surface area contributed by atoms with Crippen LogP contribution in [0.25, 0.3) is 0 Å². The number of hydrogen-bond acceptors (Lipinski definition) is 3. The molecule has 5 heteroatoms. The predicted octanol–water partition coefficient (Wildman–Crippen LogP) is -1.25. The smallest absolute Gasteiger partial charge is 0.176 e. The Morgan fingerprint density at radius 1 is 1.58 bits per heavy atom. The van der Waals surface area contributed by atoms with Crippen LogP contribution in [0, 0.1) is 5.92 Å². The fraction of sp³-hybridized carbons (Fsp3) is 1.00. The molecule has 0 saturated carbocycles. The molecule has 0 aromatic rings. The van der Waals surface area contributed by atoms with Gasteiger partial charge in [0.15, 0.2) is 9.04 Å². The topological polar surface area (TPSA) is 47.3 Å². The maximum atomic E-state index is 5.55. The van der Waals surface area contributed by atoms with Gasteiger partial charge in [0.25, 0.3) is 0 Å². The van der Waals surface area contributed by atoms with E-state index in [9.17, 15) is 0 Å². The third-order valence-corrected chi connectivity index (χ3v) is 7.11. The van der Waals surface area contributed by atoms with E-state index in [1.165, 1.54) is 0 Å². The van der Waals surface area contributed by atoms with E-state index in [-0.39, 0.29) is 0 Å². The molecule has 0 spiro atoms. The van der Waals surface area contributed by atoms with Crippen LogP contribution >= 0.6 is 0 Å². The van der Waals surface area contributed by atoms with E-state index in [1.807, 2.05) is 0 Å². The molecule has 3 N–H and O–H groups in total. The van der Waals surface area contributed by atoms with Crippen molar-refractivity contribution in [2.75, 3.05) is 13.1 Å². The molecule has 74 valence electrons. The second-order valence-electron chi connectivity index (χ2n) is 3.45. The first kappa shape index (κ1) is 12.3. The molecule has 0 aliphatic heterocycles. The van der Waals surface area contributed by atoms with E-state index in [0.717, 1.165) is 17.0 Å². The Labute approximate surface area is 80.3 Å². The Kier molecular flexibility index (Phi) is 6.97. The lowest BCUT2D eigenvalue weighted by Crippen LogP contribution is -2.48. The molecule has 0 heterocycles. The molecule has 0 aromatic heterocycles. The molecule has 2 unspecified atom stereocenters. The standard InChI is InChI=1S/C7H22N2OSi2/c1-6(2)7(9-5-4-8)12(3)10-11/h6-7,9,12H,4-5,8H2,1-3,11H3. The maximum absolute atomic E-state index is 5.55. The van der Waals surface area contributed by atoms with E-state index < -0.39 is 9.04 Å². The summed E-state index contributed by atoms with van der Waals surface area (Å²) in [5, 5.41) is 3.45. The van der Waals surface area contributed by atoms with E-state index in [0.29, 0.717) is 18.1 Å². The number of rotatable bonds is 6. The van der Waals surface area contributed by atoms with Crippen LogP contribution in [0.5, 0.6) is 0 Å². The zero-order valence-electron chi connectivity index (χ0n) is 8.63. The molecule has 0 radical (unpaired) electrons. The lowest BCUT2D eigenvalue weighted by molar-refractivity contribution is 0.459. The first-order valence-electron chi connectivity index (χ1n) is 4.59. The van der Waals surface area contributed by atoms with Crippen LogP contribution in [-0.2, 0) is 4.12 Å². The summed E-state index contributed by atoms with van der Waals surface area (Å²) >= 11 is 0. The summed E-state index contributed by atoms with van der Waals surface area (Å²) in [6.07, 6.45) is 0. The van der Waals surface area contributed by atoms with Gasteiger partial charge in [-0.3, -0.25) is 0 Å². The highest BCUT2D eigenvalue weighted by Gasteiger charge is 2.20. The normalized spacial score (nSPS) is 16.8. The minimum Gasteiger partial charge on any atom is -0.465 e. The third kappa shape index (κ3) is 4.37. The highest BCUT2D eigenvalue weighted by Crippen LogP contribution is 2.05. The van der Waals surface area contributed by atoms with Gasteiger partial charge >= 0.3 is 0 Å². The first-order chi connectivity index (χ1) is 5.63. The van der Waals surface area contributed by atoms with Gasteiger partial charge in [0.1, 0.15) is 10.5 Å². The van der Waals surface area contributed by atoms with Crippen LogP contribution in [0.2, 0.25) is 6.55 Å². The van der Waals surface area contributed by atoms with Gasteiger partial charge in [-0.1, -0.05) is 13.8 Å². The predicted molar refractivity (Wildman–Crippen MR) is 59.7 cm³/mol. The molecule has 2 atom stereocenters. The lowest BCUT2D eigenvalue weighted by atomic mass is 10.2. The van der Waals surface area contributed by atoms with Crippen LogP contribution in [-0.4, -0.2) is 38.3 Å². The number of nitrogens with one attached hydrogen (secondary N) is 1. The van der Waals surface area contributed by atoms with E-state index in [4.69, 9.17) is 9.85 Å². The van der Waals surface area contributed by atoms with Crippen molar-refractivity contribution in [3.63, 3.8) is 0 Å². The number of hydrogen-bond donors (Lipinski definition) is 2. The summed E-state index contributed by atoms with van der Waals surface area (Å²) < 4.78 is 5.55. The molecule has 0 rings (SSSR count). The van der Waals surface area contributed by atoms with Crippen molar-refractivity contribution in [1.29, 1.82) is 0 Å². The van der Waals surface area contributed by atoms with E-state index in [2.05, 4.69) is 25.7 Å². The molecule has 0 bridgehead atoms. The fourth-order valence-electron chi connectivity index (χ4n) is 1.34. The Morgan fingerprint density at radius 3 is 2.50 bits per heavy atom. The molecule has 12 heavy (non-hydrogen) atoms. The minimum atomic E-state index is -0.991. The molecule has 0 aliphatic carbocycles. The van der Waals surface area contributed by atoms with Gasteiger partial charge in [-0.2, -0.15) is 0 Å². The summed E-state index contributed by atoms with van der Waals surface area (Å²) in [4.78, 5) is 0. The van der Waals surface area contributed by atoms with Crippen LogP contribution < -0.4 is 11.1 Å². The molecule has 0 aromatic carbocycles. The SMILES string of the molecule is CC(C)C(NCCN)[SiH](C)O[SiH3]. The van der Waals surface area contributed by atoms with E-state index in [1.54, 1.807) is 0 Å². The van der Waals surface area contributed by atoms with Gasteiger partial charge in [-0.25, -0.2) is 0 Å². The molecular formula is C7H22N2OSi2. The van der Waals surface area contributed by atoms with Gasteiger partial charge < -0.3 is 15.2 Å². The summed E-state index contributed by atoms with van der Waals surface area (Å²) in [5.74, 6) is 0.659. The van der Waals surface area contributed by atoms with Crippen LogP contribution in [0.3, 0.4) is 0 Å². The van der Waals surface area contributed by atoms with Crippen LogP contribution in [0.4, 0.5) is 0 Å². The summed E-state index contributed by atoms with van der Waals surface area (Å²) in [6, 6.07) is 0. The zero-order valence-corrected chi connectivity index (χ0v) is 11.8. The van der Waals surface area contributed by atoms with Crippen molar-refractivity contribution < 1.29 is 4.12 Å². The van der Waals surface area contributed by atoms with Gasteiger partial charge in [-0.15, -0.1) is 0 Å². The first-order valence-corrected chi connectivity index (χ1v) is 7.70. The Hall–Kier alpha value is 0.314. The van der Waals surface area contributed by atoms with Crippen LogP contribution in [0.15, 0.2) is 0 Å². The highest BCUT2D eigenvalue weighted by atomic mass is 28.3. The Bertz CT molecular complexity index is 114. The quantitative estimate of drug-likeness (QED) is 0.534. The van der Waals surface area contributed by atoms with Gasteiger partial charge in [-0.05, 0) is 12.5 Å². The van der Waals surface area contributed by atoms with Gasteiger partial charge in [0.05, 0.1) is 0 Å². The molecular weight excluding hydrogens is 184 g/mol. The largest absolute Gasteiger partial charge is 0.465 e. The fourth-order valence-corrected chi connectivity index (χ4v) is 4.10. The van der Waals surface area contributed by atoms with Crippen molar-refractivity contribution in [2.45, 2.75) is 26.1 Å². The molecule has 0 aliphatic rings. The lowest BCUT2D eigenvalue weighted by Gasteiger charge is -2.26. The molecule has 0 saturated heterocycles. The van der Waals surface area contributed by atoms with Crippen molar-refractivity contribution in [3.05, 3.63) is 0 Å². The molecule has 0 amide bonds. The minimum absolute atomic E-state index is 0.575. The Morgan fingerprint density at radius 2 is 2.17 bits per heavy atom.